The average Bonchev–Trinajstić information content (AvgIpc) is 3.41. The predicted octanol–water partition coefficient (Wildman–Crippen LogP) is 4.37. The number of methoxy groups -OCH3 is 3. The van der Waals surface area contributed by atoms with Crippen LogP contribution >= 0.6 is 0 Å². The van der Waals surface area contributed by atoms with Crippen molar-refractivity contribution in [2.75, 3.05) is 28.1 Å². The highest BCUT2D eigenvalue weighted by Crippen LogP contribution is 2.61. The van der Waals surface area contributed by atoms with E-state index in [0.29, 0.717) is 11.1 Å². The first-order chi connectivity index (χ1) is 18.9. The van der Waals surface area contributed by atoms with Gasteiger partial charge in [0.2, 0.25) is 18.3 Å². The second-order valence-corrected chi connectivity index (χ2v) is 9.83. The maximum Gasteiger partial charge on any atom is 0.334 e. The van der Waals surface area contributed by atoms with Crippen LogP contribution in [0.2, 0.25) is 0 Å². The van der Waals surface area contributed by atoms with Gasteiger partial charge < -0.3 is 43.4 Å². The lowest BCUT2D eigenvalue weighted by atomic mass is 9.71. The molecule has 0 spiro atoms. The maximum absolute atomic E-state index is 13.1. The van der Waals surface area contributed by atoms with Gasteiger partial charge in [-0.15, -0.1) is 0 Å². The van der Waals surface area contributed by atoms with Gasteiger partial charge in [0.15, 0.2) is 29.1 Å². The Morgan fingerprint density at radius 1 is 1.00 bits per heavy atom. The first-order valence-corrected chi connectivity index (χ1v) is 12.6. The Balaban J connectivity index is 2.22. The fourth-order valence-electron chi connectivity index (χ4n) is 5.15. The van der Waals surface area contributed by atoms with E-state index in [1.54, 1.807) is 39.0 Å². The van der Waals surface area contributed by atoms with Crippen LogP contribution in [0.15, 0.2) is 23.8 Å². The summed E-state index contributed by atoms with van der Waals surface area (Å²) in [6.45, 7) is 7.52. The normalized spacial score (nSPS) is 23.2. The van der Waals surface area contributed by atoms with Crippen molar-refractivity contribution in [2.24, 2.45) is 5.92 Å². The molecule has 216 valence electrons. The minimum atomic E-state index is -1.84. The van der Waals surface area contributed by atoms with Crippen LogP contribution in [-0.2, 0) is 19.1 Å². The van der Waals surface area contributed by atoms with E-state index in [4.69, 9.17) is 33.2 Å². The molecule has 40 heavy (non-hydrogen) atoms. The number of fused-ring (bicyclic) bond motifs is 4. The molecule has 0 bridgehead atoms. The zero-order valence-corrected chi connectivity index (χ0v) is 23.7. The third kappa shape index (κ3) is 4.53. The summed E-state index contributed by atoms with van der Waals surface area (Å²) in [6.07, 6.45) is -0.898. The molecule has 0 amide bonds. The molecule has 4 atom stereocenters. The third-order valence-corrected chi connectivity index (χ3v) is 7.55. The Hall–Kier alpha value is -4.12. The Kier molecular flexibility index (Phi) is 7.80. The molecule has 0 unspecified atom stereocenters. The van der Waals surface area contributed by atoms with Gasteiger partial charge in [-0.25, -0.2) is 4.79 Å². The summed E-state index contributed by atoms with van der Waals surface area (Å²) in [7, 11) is 4.25. The monoisotopic (exact) mass is 558 g/mol. The summed E-state index contributed by atoms with van der Waals surface area (Å²) in [4.78, 5) is 25.5. The molecule has 1 heterocycles. The van der Waals surface area contributed by atoms with Gasteiger partial charge in [0.05, 0.1) is 21.3 Å². The highest BCUT2D eigenvalue weighted by atomic mass is 16.7. The van der Waals surface area contributed by atoms with Crippen LogP contribution < -0.4 is 23.7 Å². The number of carbonyl (C=O) groups excluding carboxylic acids is 2. The lowest BCUT2D eigenvalue weighted by Crippen LogP contribution is -2.46. The molecule has 2 aromatic carbocycles. The van der Waals surface area contributed by atoms with Gasteiger partial charge in [-0.3, -0.25) is 4.79 Å². The molecule has 2 aliphatic rings. The molecular formula is C29H34O11. The smallest absolute Gasteiger partial charge is 0.334 e. The van der Waals surface area contributed by atoms with Gasteiger partial charge in [0.1, 0.15) is 11.7 Å². The number of ether oxygens (including phenoxy) is 7. The Morgan fingerprint density at radius 2 is 1.68 bits per heavy atom. The molecule has 11 nitrogen and oxygen atoms in total. The fourth-order valence-corrected chi connectivity index (χ4v) is 5.15. The standard InChI is InChI=1S/C29H34O11/c1-9-13(2)28(32)40-27-17-11-18(34-6)25(35-7)26(36-8)21(17)20-16(10-19-24(22(20)31)38-12-37-19)23(39-15(4)30)14(3)29(27,5)33/h9-11,14,23,27,31,33H,12H2,1-8H3/b13-9+/t14-,23+,27-,29-/m0/s1. The quantitative estimate of drug-likeness (QED) is 0.386. The van der Waals surface area contributed by atoms with Crippen LogP contribution in [-0.4, -0.2) is 55.9 Å². The zero-order chi connectivity index (χ0) is 29.5. The molecule has 1 aliphatic heterocycles. The SMILES string of the molecule is C/C=C(\C)C(=O)O[C@H]1c2cc(OC)c(OC)c(OC)c2-c2c(cc3c(c2O)OCO3)[C@H](OC(C)=O)[C@H](C)[C@]1(C)O. The number of hydrogen-bond acceptors (Lipinski definition) is 11. The molecule has 1 aliphatic carbocycles. The van der Waals surface area contributed by atoms with Crippen LogP contribution in [0.3, 0.4) is 0 Å². The minimum absolute atomic E-state index is 0.0707. The number of hydrogen-bond donors (Lipinski definition) is 2. The lowest BCUT2D eigenvalue weighted by molar-refractivity contribution is -0.182. The van der Waals surface area contributed by atoms with E-state index in [1.807, 2.05) is 0 Å². The number of allylic oxidation sites excluding steroid dienone is 1. The van der Waals surface area contributed by atoms with Gasteiger partial charge in [-0.2, -0.15) is 0 Å². The molecule has 0 aromatic heterocycles. The van der Waals surface area contributed by atoms with Crippen molar-refractivity contribution in [2.45, 2.75) is 52.4 Å². The highest BCUT2D eigenvalue weighted by Gasteiger charge is 2.51. The van der Waals surface area contributed by atoms with Crippen molar-refractivity contribution in [1.29, 1.82) is 0 Å². The second-order valence-electron chi connectivity index (χ2n) is 9.83. The third-order valence-electron chi connectivity index (χ3n) is 7.55. The van der Waals surface area contributed by atoms with Gasteiger partial charge in [0.25, 0.3) is 0 Å². The van der Waals surface area contributed by atoms with E-state index < -0.39 is 35.7 Å². The number of carbonyl (C=O) groups is 2. The number of esters is 2. The van der Waals surface area contributed by atoms with E-state index in [1.165, 1.54) is 35.2 Å². The number of benzene rings is 2. The molecule has 0 saturated heterocycles. The van der Waals surface area contributed by atoms with E-state index in [2.05, 4.69) is 0 Å². The van der Waals surface area contributed by atoms with E-state index >= 15 is 0 Å². The van der Waals surface area contributed by atoms with Crippen LogP contribution in [0.5, 0.6) is 34.5 Å². The van der Waals surface area contributed by atoms with Crippen molar-refractivity contribution in [3.8, 4) is 45.6 Å². The lowest BCUT2D eigenvalue weighted by Gasteiger charge is -2.43. The van der Waals surface area contributed by atoms with E-state index in [-0.39, 0.29) is 58.0 Å². The number of aromatic hydroxyl groups is 1. The number of phenolic OH excluding ortho intramolecular Hbond substituents is 1. The average molecular weight is 559 g/mol. The summed E-state index contributed by atoms with van der Waals surface area (Å²) in [5, 5.41) is 23.8. The van der Waals surface area contributed by atoms with Gasteiger partial charge in [0, 0.05) is 40.7 Å². The van der Waals surface area contributed by atoms with Crippen LogP contribution in [0.1, 0.15) is 58.0 Å². The summed E-state index contributed by atoms with van der Waals surface area (Å²) in [5.74, 6) is -1.70. The summed E-state index contributed by atoms with van der Waals surface area (Å²) < 4.78 is 39.9. The topological polar surface area (TPSA) is 139 Å². The molecule has 0 radical (unpaired) electrons. The van der Waals surface area contributed by atoms with Crippen molar-refractivity contribution in [1.82, 2.24) is 0 Å². The molecule has 0 fully saturated rings. The zero-order valence-electron chi connectivity index (χ0n) is 23.7. The van der Waals surface area contributed by atoms with Crippen LogP contribution in [0, 0.1) is 5.92 Å². The molecule has 11 heteroatoms. The number of rotatable bonds is 6. The molecular weight excluding hydrogens is 524 g/mol. The van der Waals surface area contributed by atoms with Crippen molar-refractivity contribution in [3.63, 3.8) is 0 Å². The summed E-state index contributed by atoms with van der Waals surface area (Å²) in [6, 6.07) is 3.15. The predicted molar refractivity (Wildman–Crippen MR) is 142 cm³/mol. The largest absolute Gasteiger partial charge is 0.504 e. The van der Waals surface area contributed by atoms with E-state index in [0.717, 1.165) is 0 Å². The Morgan fingerprint density at radius 3 is 2.25 bits per heavy atom. The second kappa shape index (κ2) is 10.8. The number of aliphatic hydroxyl groups is 1. The Bertz CT molecular complexity index is 1380. The van der Waals surface area contributed by atoms with Gasteiger partial charge in [-0.1, -0.05) is 13.0 Å². The molecule has 4 rings (SSSR count). The maximum atomic E-state index is 13.1. The molecule has 2 aromatic rings. The van der Waals surface area contributed by atoms with E-state index in [9.17, 15) is 19.8 Å². The van der Waals surface area contributed by atoms with Crippen molar-refractivity contribution < 1.29 is 53.0 Å². The van der Waals surface area contributed by atoms with Gasteiger partial charge >= 0.3 is 11.9 Å². The number of phenols is 1. The Labute approximate surface area is 232 Å². The first-order valence-electron chi connectivity index (χ1n) is 12.6. The molecule has 0 saturated carbocycles. The van der Waals surface area contributed by atoms with Gasteiger partial charge in [-0.05, 0) is 32.9 Å². The first kappa shape index (κ1) is 28.9. The van der Waals surface area contributed by atoms with Crippen molar-refractivity contribution >= 4 is 11.9 Å². The summed E-state index contributed by atoms with van der Waals surface area (Å²) >= 11 is 0. The summed E-state index contributed by atoms with van der Waals surface area (Å²) in [5.41, 5.74) is -0.596. The fraction of sp³-hybridized carbons (Fsp3) is 0.448. The molecule has 2 N–H and O–H groups in total. The van der Waals surface area contributed by atoms with Crippen LogP contribution in [0.25, 0.3) is 11.1 Å². The highest BCUT2D eigenvalue weighted by molar-refractivity contribution is 5.91. The van der Waals surface area contributed by atoms with Crippen molar-refractivity contribution in [3.05, 3.63) is 34.9 Å². The minimum Gasteiger partial charge on any atom is -0.504 e. The van der Waals surface area contributed by atoms with Crippen LogP contribution in [0.4, 0.5) is 0 Å².